The molecule has 2 aliphatic rings. The molecule has 0 saturated heterocycles. The molecule has 0 spiro atoms. The minimum Gasteiger partial charge on any atom is -0.459 e. The van der Waals surface area contributed by atoms with Crippen LogP contribution in [0.1, 0.15) is 57.2 Å². The molecule has 1 aliphatic heterocycles. The summed E-state index contributed by atoms with van der Waals surface area (Å²) in [5.41, 5.74) is 2.16. The summed E-state index contributed by atoms with van der Waals surface area (Å²) >= 11 is 0. The number of nitrogens with zero attached hydrogens (tertiary/aromatic N) is 1. The smallest absolute Gasteiger partial charge is 0.336 e. The first-order chi connectivity index (χ1) is 16.2. The molecular formula is C28H35NO4S. The van der Waals surface area contributed by atoms with Crippen LogP contribution < -0.4 is 0 Å². The Morgan fingerprint density at radius 2 is 1.71 bits per heavy atom. The Bertz CT molecular complexity index is 1140. The maximum Gasteiger partial charge on any atom is 0.336 e. The Balaban J connectivity index is 1.64. The number of esters is 1. The first-order valence-electron chi connectivity index (χ1n) is 12.2. The van der Waals surface area contributed by atoms with Crippen LogP contribution >= 0.6 is 0 Å². The van der Waals surface area contributed by atoms with E-state index in [-0.39, 0.29) is 17.5 Å². The van der Waals surface area contributed by atoms with Crippen molar-refractivity contribution in [2.75, 3.05) is 6.54 Å². The number of carbonyl (C=O) groups excluding carboxylic acids is 1. The van der Waals surface area contributed by atoms with Gasteiger partial charge in [-0.2, -0.15) is 4.31 Å². The molecule has 2 aromatic carbocycles. The molecule has 1 aliphatic carbocycles. The second-order valence-electron chi connectivity index (χ2n) is 10.1. The lowest BCUT2D eigenvalue weighted by atomic mass is 9.75. The van der Waals surface area contributed by atoms with Crippen LogP contribution in [0, 0.1) is 24.7 Å². The summed E-state index contributed by atoms with van der Waals surface area (Å²) in [5, 5.41) is 0. The van der Waals surface area contributed by atoms with E-state index in [1.54, 1.807) is 30.3 Å². The quantitative estimate of drug-likeness (QED) is 0.499. The van der Waals surface area contributed by atoms with Gasteiger partial charge in [-0.25, -0.2) is 13.2 Å². The molecule has 0 bridgehead atoms. The largest absolute Gasteiger partial charge is 0.459 e. The van der Waals surface area contributed by atoms with Gasteiger partial charge in [0.25, 0.3) is 0 Å². The molecule has 5 nitrogen and oxygen atoms in total. The van der Waals surface area contributed by atoms with Crippen LogP contribution in [0.15, 0.2) is 71.1 Å². The molecule has 2 aromatic rings. The van der Waals surface area contributed by atoms with E-state index >= 15 is 0 Å². The second-order valence-corrected chi connectivity index (χ2v) is 12.0. The maximum absolute atomic E-state index is 13.6. The Morgan fingerprint density at radius 1 is 1.03 bits per heavy atom. The van der Waals surface area contributed by atoms with Crippen molar-refractivity contribution in [2.45, 2.75) is 64.0 Å². The number of sulfonamides is 1. The van der Waals surface area contributed by atoms with Crippen LogP contribution in [-0.2, 0) is 19.6 Å². The van der Waals surface area contributed by atoms with Crippen molar-refractivity contribution in [1.82, 2.24) is 4.31 Å². The first-order valence-corrected chi connectivity index (χ1v) is 13.7. The molecule has 182 valence electrons. The zero-order valence-corrected chi connectivity index (χ0v) is 21.3. The summed E-state index contributed by atoms with van der Waals surface area (Å²) in [6.07, 6.45) is 4.63. The second kappa shape index (κ2) is 10.0. The summed E-state index contributed by atoms with van der Waals surface area (Å²) < 4.78 is 34.8. The molecule has 0 unspecified atom stereocenters. The van der Waals surface area contributed by atoms with Crippen molar-refractivity contribution < 1.29 is 17.9 Å². The Hall–Kier alpha value is -2.44. The highest BCUT2D eigenvalue weighted by molar-refractivity contribution is 7.89. The zero-order chi connectivity index (χ0) is 24.5. The number of carbonyl (C=O) groups is 1. The minimum absolute atomic E-state index is 0.134. The molecule has 4 rings (SSSR count). The lowest BCUT2D eigenvalue weighted by Crippen LogP contribution is -2.37. The summed E-state index contributed by atoms with van der Waals surface area (Å²) in [6, 6.07) is 15.5. The average molecular weight is 482 g/mol. The van der Waals surface area contributed by atoms with Gasteiger partial charge in [-0.3, -0.25) is 0 Å². The van der Waals surface area contributed by atoms with E-state index in [0.29, 0.717) is 23.3 Å². The van der Waals surface area contributed by atoms with Gasteiger partial charge >= 0.3 is 5.97 Å². The first kappa shape index (κ1) is 24.7. The van der Waals surface area contributed by atoms with Crippen molar-refractivity contribution in [3.8, 4) is 0 Å². The normalized spacial score (nSPS) is 25.9. The van der Waals surface area contributed by atoms with E-state index in [9.17, 15) is 13.2 Å². The standard InChI is InChI=1S/C28H35NO4S/c1-19(2)24-15-12-21(4)18-26(24)33-28(30)25-16-17-29(27(25)22-8-6-5-7-9-22)34(31,32)23-13-10-20(3)11-14-23/h5-11,13-14,16,19,21,24,26-27H,12,15,17-18H2,1-4H3/t21-,24+,26-,27+/m1/s1. The van der Waals surface area contributed by atoms with Crippen molar-refractivity contribution in [2.24, 2.45) is 17.8 Å². The third-order valence-corrected chi connectivity index (χ3v) is 9.12. The van der Waals surface area contributed by atoms with Gasteiger partial charge in [-0.05, 0) is 55.2 Å². The van der Waals surface area contributed by atoms with Gasteiger partial charge in [0.15, 0.2) is 0 Å². The van der Waals surface area contributed by atoms with Gasteiger partial charge in [0.1, 0.15) is 6.10 Å². The fourth-order valence-corrected chi connectivity index (χ4v) is 6.81. The van der Waals surface area contributed by atoms with Crippen molar-refractivity contribution in [1.29, 1.82) is 0 Å². The van der Waals surface area contributed by atoms with Crippen molar-refractivity contribution >= 4 is 16.0 Å². The topological polar surface area (TPSA) is 63.7 Å². The highest BCUT2D eigenvalue weighted by Crippen LogP contribution is 2.40. The molecule has 0 aromatic heterocycles. The van der Waals surface area contributed by atoms with Crippen LogP contribution in [-0.4, -0.2) is 31.3 Å². The van der Waals surface area contributed by atoms with Crippen LogP contribution in [0.3, 0.4) is 0 Å². The fraction of sp³-hybridized carbons (Fsp3) is 0.464. The number of hydrogen-bond donors (Lipinski definition) is 0. The predicted molar refractivity (Wildman–Crippen MR) is 134 cm³/mol. The van der Waals surface area contributed by atoms with Crippen LogP contribution in [0.2, 0.25) is 0 Å². The number of benzene rings is 2. The lowest BCUT2D eigenvalue weighted by molar-refractivity contribution is -0.151. The highest BCUT2D eigenvalue weighted by atomic mass is 32.2. The molecule has 0 radical (unpaired) electrons. The minimum atomic E-state index is -3.81. The summed E-state index contributed by atoms with van der Waals surface area (Å²) in [5.74, 6) is 0.852. The molecule has 34 heavy (non-hydrogen) atoms. The molecule has 1 saturated carbocycles. The third kappa shape index (κ3) is 4.98. The molecule has 0 N–H and O–H groups in total. The summed E-state index contributed by atoms with van der Waals surface area (Å²) in [7, 11) is -3.81. The molecule has 6 heteroatoms. The van der Waals surface area contributed by atoms with E-state index in [1.807, 2.05) is 37.3 Å². The predicted octanol–water partition coefficient (Wildman–Crippen LogP) is 5.67. The fourth-order valence-electron chi connectivity index (χ4n) is 5.27. The number of rotatable bonds is 6. The lowest BCUT2D eigenvalue weighted by Gasteiger charge is -2.37. The third-order valence-electron chi connectivity index (χ3n) is 7.27. The Labute approximate surface area is 203 Å². The number of aryl methyl sites for hydroxylation is 1. The molecular weight excluding hydrogens is 446 g/mol. The van der Waals surface area contributed by atoms with Crippen molar-refractivity contribution in [3.63, 3.8) is 0 Å². The Kier molecular flexibility index (Phi) is 7.29. The van der Waals surface area contributed by atoms with Gasteiger partial charge in [0, 0.05) is 6.54 Å². The van der Waals surface area contributed by atoms with E-state index < -0.39 is 22.0 Å². The summed E-state index contributed by atoms with van der Waals surface area (Å²) in [6.45, 7) is 8.62. The van der Waals surface area contributed by atoms with E-state index in [4.69, 9.17) is 4.74 Å². The van der Waals surface area contributed by atoms with Crippen LogP contribution in [0.4, 0.5) is 0 Å². The van der Waals surface area contributed by atoms with E-state index in [1.165, 1.54) is 4.31 Å². The number of hydrogen-bond acceptors (Lipinski definition) is 4. The van der Waals surface area contributed by atoms with Crippen LogP contribution in [0.25, 0.3) is 0 Å². The molecule has 0 amide bonds. The van der Waals surface area contributed by atoms with Gasteiger partial charge in [-0.1, -0.05) is 81.3 Å². The highest BCUT2D eigenvalue weighted by Gasteiger charge is 2.42. The molecule has 1 heterocycles. The van der Waals surface area contributed by atoms with Gasteiger partial charge < -0.3 is 4.74 Å². The van der Waals surface area contributed by atoms with Gasteiger partial charge in [0.05, 0.1) is 16.5 Å². The van der Waals surface area contributed by atoms with Gasteiger partial charge in [0.2, 0.25) is 10.0 Å². The van der Waals surface area contributed by atoms with Crippen molar-refractivity contribution in [3.05, 3.63) is 77.4 Å². The SMILES string of the molecule is Cc1ccc(S(=O)(=O)N2CC=C(C(=O)O[C@@H]3C[C@H](C)CC[C@H]3C(C)C)[C@@H]2c2ccccc2)cc1. The van der Waals surface area contributed by atoms with Gasteiger partial charge in [-0.15, -0.1) is 0 Å². The zero-order valence-electron chi connectivity index (χ0n) is 20.5. The molecule has 1 fully saturated rings. The van der Waals surface area contributed by atoms with E-state index in [0.717, 1.165) is 30.4 Å². The van der Waals surface area contributed by atoms with E-state index in [2.05, 4.69) is 20.8 Å². The van der Waals surface area contributed by atoms with Crippen LogP contribution in [0.5, 0.6) is 0 Å². The monoisotopic (exact) mass is 481 g/mol. The summed E-state index contributed by atoms with van der Waals surface area (Å²) in [4.78, 5) is 13.7. The molecule has 4 atom stereocenters. The number of ether oxygens (including phenoxy) is 1. The Morgan fingerprint density at radius 3 is 2.35 bits per heavy atom. The maximum atomic E-state index is 13.6. The average Bonchev–Trinajstić information content (AvgIpc) is 3.26.